The average Bonchev–Trinajstić information content (AvgIpc) is 2.34. The first-order valence-corrected chi connectivity index (χ1v) is 3.85. The standard InChI is InChI=1S/C8H12N2O2.ClH/c1-6(2)10-4-3-7(9-10)5-8(11)12;/h3-4,6H,5H2,1-2H3,(H,11,12);1H. The Morgan fingerprint density at radius 1 is 1.69 bits per heavy atom. The third-order valence-corrected chi connectivity index (χ3v) is 1.52. The van der Waals surface area contributed by atoms with Crippen LogP contribution in [0.5, 0.6) is 0 Å². The number of hydrogen-bond acceptors (Lipinski definition) is 2. The summed E-state index contributed by atoms with van der Waals surface area (Å²) >= 11 is 0. The van der Waals surface area contributed by atoms with Gasteiger partial charge in [0.1, 0.15) is 0 Å². The lowest BCUT2D eigenvalue weighted by atomic mass is 10.3. The molecule has 0 unspecified atom stereocenters. The topological polar surface area (TPSA) is 55.1 Å². The van der Waals surface area contributed by atoms with E-state index in [1.54, 1.807) is 16.9 Å². The smallest absolute Gasteiger partial charge is 0.309 e. The number of nitrogens with zero attached hydrogens (tertiary/aromatic N) is 2. The van der Waals surface area contributed by atoms with E-state index >= 15 is 0 Å². The molecule has 0 saturated carbocycles. The largest absolute Gasteiger partial charge is 0.481 e. The second-order valence-electron chi connectivity index (χ2n) is 2.95. The van der Waals surface area contributed by atoms with Gasteiger partial charge in [-0.3, -0.25) is 9.48 Å². The second kappa shape index (κ2) is 4.87. The number of rotatable bonds is 3. The molecule has 0 radical (unpaired) electrons. The molecule has 1 N–H and O–H groups in total. The maximum atomic E-state index is 10.3. The number of aromatic nitrogens is 2. The molecule has 1 aromatic rings. The summed E-state index contributed by atoms with van der Waals surface area (Å²) in [5.74, 6) is -0.844. The molecule has 0 bridgehead atoms. The third kappa shape index (κ3) is 3.46. The van der Waals surface area contributed by atoms with Crippen LogP contribution in [0.3, 0.4) is 0 Å². The van der Waals surface area contributed by atoms with E-state index in [0.717, 1.165) is 0 Å². The Kier molecular flexibility index (Phi) is 4.48. The summed E-state index contributed by atoms with van der Waals surface area (Å²) in [6.45, 7) is 4.00. The number of hydrogen-bond donors (Lipinski definition) is 1. The molecule has 0 aliphatic rings. The molecule has 5 heteroatoms. The van der Waals surface area contributed by atoms with Crippen LogP contribution in [0.2, 0.25) is 0 Å². The van der Waals surface area contributed by atoms with Crippen LogP contribution in [0.4, 0.5) is 0 Å². The SMILES string of the molecule is CC(C)n1ccc(CC(=O)O)n1.Cl. The molecule has 4 nitrogen and oxygen atoms in total. The minimum Gasteiger partial charge on any atom is -0.481 e. The maximum absolute atomic E-state index is 10.3. The second-order valence-corrected chi connectivity index (χ2v) is 2.95. The normalized spacial score (nSPS) is 9.77. The molecule has 0 atom stereocenters. The van der Waals surface area contributed by atoms with Gasteiger partial charge in [-0.05, 0) is 19.9 Å². The van der Waals surface area contributed by atoms with Gasteiger partial charge in [-0.15, -0.1) is 12.4 Å². The van der Waals surface area contributed by atoms with Crippen molar-refractivity contribution >= 4 is 18.4 Å². The van der Waals surface area contributed by atoms with E-state index in [0.29, 0.717) is 5.69 Å². The highest BCUT2D eigenvalue weighted by Crippen LogP contribution is 2.04. The highest BCUT2D eigenvalue weighted by Gasteiger charge is 2.05. The van der Waals surface area contributed by atoms with Crippen molar-refractivity contribution in [3.8, 4) is 0 Å². The first-order chi connectivity index (χ1) is 5.59. The molecule has 0 amide bonds. The number of halogens is 1. The van der Waals surface area contributed by atoms with Crippen LogP contribution >= 0.6 is 12.4 Å². The summed E-state index contributed by atoms with van der Waals surface area (Å²) in [4.78, 5) is 10.3. The molecule has 0 fully saturated rings. The lowest BCUT2D eigenvalue weighted by Crippen LogP contribution is -2.04. The zero-order chi connectivity index (χ0) is 9.14. The Bertz CT molecular complexity index is 283. The number of aliphatic carboxylic acids is 1. The molecule has 1 heterocycles. The lowest BCUT2D eigenvalue weighted by molar-refractivity contribution is -0.136. The predicted octanol–water partition coefficient (Wildman–Crippen LogP) is 1.51. The van der Waals surface area contributed by atoms with Gasteiger partial charge in [0.25, 0.3) is 0 Å². The minimum absolute atomic E-state index is 0. The fraction of sp³-hybridized carbons (Fsp3) is 0.500. The molecule has 0 aliphatic carbocycles. The number of carboxylic acids is 1. The van der Waals surface area contributed by atoms with E-state index < -0.39 is 5.97 Å². The van der Waals surface area contributed by atoms with Crippen molar-refractivity contribution in [2.45, 2.75) is 26.3 Å². The van der Waals surface area contributed by atoms with Gasteiger partial charge >= 0.3 is 5.97 Å². The van der Waals surface area contributed by atoms with Gasteiger partial charge in [-0.2, -0.15) is 5.10 Å². The summed E-state index contributed by atoms with van der Waals surface area (Å²) in [5, 5.41) is 12.6. The summed E-state index contributed by atoms with van der Waals surface area (Å²) in [6.07, 6.45) is 1.79. The molecule has 1 rings (SSSR count). The van der Waals surface area contributed by atoms with Crippen molar-refractivity contribution < 1.29 is 9.90 Å². The Morgan fingerprint density at radius 3 is 2.69 bits per heavy atom. The van der Waals surface area contributed by atoms with Gasteiger partial charge < -0.3 is 5.11 Å². The quantitative estimate of drug-likeness (QED) is 0.812. The maximum Gasteiger partial charge on any atom is 0.309 e. The van der Waals surface area contributed by atoms with Crippen LogP contribution in [0.1, 0.15) is 25.6 Å². The fourth-order valence-corrected chi connectivity index (χ4v) is 0.914. The first-order valence-electron chi connectivity index (χ1n) is 3.85. The van der Waals surface area contributed by atoms with Gasteiger partial charge in [0, 0.05) is 12.2 Å². The Labute approximate surface area is 83.0 Å². The van der Waals surface area contributed by atoms with Crippen molar-refractivity contribution in [1.29, 1.82) is 0 Å². The van der Waals surface area contributed by atoms with Crippen LogP contribution in [0, 0.1) is 0 Å². The minimum atomic E-state index is -0.844. The Balaban J connectivity index is 0.00000144. The van der Waals surface area contributed by atoms with E-state index in [1.165, 1.54) is 0 Å². The Hall–Kier alpha value is -1.03. The van der Waals surface area contributed by atoms with Crippen molar-refractivity contribution in [3.05, 3.63) is 18.0 Å². The van der Waals surface area contributed by atoms with E-state index in [1.807, 2.05) is 13.8 Å². The number of carbonyl (C=O) groups is 1. The summed E-state index contributed by atoms with van der Waals surface area (Å²) in [7, 11) is 0. The lowest BCUT2D eigenvalue weighted by Gasteiger charge is -2.02. The third-order valence-electron chi connectivity index (χ3n) is 1.52. The summed E-state index contributed by atoms with van der Waals surface area (Å²) in [6, 6.07) is 2.02. The van der Waals surface area contributed by atoms with E-state index in [4.69, 9.17) is 5.11 Å². The van der Waals surface area contributed by atoms with Crippen molar-refractivity contribution in [1.82, 2.24) is 9.78 Å². The highest BCUT2D eigenvalue weighted by atomic mass is 35.5. The van der Waals surface area contributed by atoms with Gasteiger partial charge in [0.15, 0.2) is 0 Å². The average molecular weight is 205 g/mol. The molecule has 74 valence electrons. The highest BCUT2D eigenvalue weighted by molar-refractivity contribution is 5.85. The van der Waals surface area contributed by atoms with Crippen molar-refractivity contribution in [2.24, 2.45) is 0 Å². The molecule has 0 saturated heterocycles. The molecule has 0 spiro atoms. The van der Waals surface area contributed by atoms with Crippen molar-refractivity contribution in [3.63, 3.8) is 0 Å². The van der Waals surface area contributed by atoms with E-state index in [2.05, 4.69) is 5.10 Å². The van der Waals surface area contributed by atoms with Crippen LogP contribution in [-0.2, 0) is 11.2 Å². The molecular weight excluding hydrogens is 192 g/mol. The molecule has 0 aliphatic heterocycles. The van der Waals surface area contributed by atoms with Crippen LogP contribution in [0.15, 0.2) is 12.3 Å². The summed E-state index contributed by atoms with van der Waals surface area (Å²) < 4.78 is 1.75. The molecule has 1 aromatic heterocycles. The monoisotopic (exact) mass is 204 g/mol. The van der Waals surface area contributed by atoms with Crippen LogP contribution in [0.25, 0.3) is 0 Å². The van der Waals surface area contributed by atoms with Crippen molar-refractivity contribution in [2.75, 3.05) is 0 Å². The fourth-order valence-electron chi connectivity index (χ4n) is 0.914. The molecular formula is C8H13ClN2O2. The Morgan fingerprint density at radius 2 is 2.31 bits per heavy atom. The van der Waals surface area contributed by atoms with Crippen LogP contribution in [-0.4, -0.2) is 20.9 Å². The molecule has 0 aromatic carbocycles. The summed E-state index contributed by atoms with van der Waals surface area (Å²) in [5.41, 5.74) is 0.608. The zero-order valence-electron chi connectivity index (χ0n) is 7.60. The predicted molar refractivity (Wildman–Crippen MR) is 51.2 cm³/mol. The molecule has 13 heavy (non-hydrogen) atoms. The first kappa shape index (κ1) is 12.0. The zero-order valence-corrected chi connectivity index (χ0v) is 8.41. The van der Waals surface area contributed by atoms with E-state index in [-0.39, 0.29) is 24.9 Å². The van der Waals surface area contributed by atoms with Gasteiger partial charge in [0.05, 0.1) is 12.1 Å². The van der Waals surface area contributed by atoms with Crippen LogP contribution < -0.4 is 0 Å². The van der Waals surface area contributed by atoms with Gasteiger partial charge in [-0.25, -0.2) is 0 Å². The number of carboxylic acid groups (broad SMARTS) is 1. The van der Waals surface area contributed by atoms with Gasteiger partial charge in [0.2, 0.25) is 0 Å². The van der Waals surface area contributed by atoms with E-state index in [9.17, 15) is 4.79 Å². The van der Waals surface area contributed by atoms with Gasteiger partial charge in [-0.1, -0.05) is 0 Å².